The largest absolute Gasteiger partial charge is 0.248 e. The Labute approximate surface area is 347 Å². The molecule has 7 aromatic carbocycles. The molecule has 2 aromatic heterocycles. The summed E-state index contributed by atoms with van der Waals surface area (Å²) in [6, 6.07) is 77.1. The van der Waals surface area contributed by atoms with E-state index < -0.39 is 8.07 Å². The molecule has 2 nitrogen and oxygen atoms in total. The maximum Gasteiger partial charge on any atom is 0.160 e. The zero-order valence-corrected chi connectivity index (χ0v) is 34.6. The third kappa shape index (κ3) is 6.26. The number of fused-ring (bicyclic) bond motifs is 2. The van der Waals surface area contributed by atoms with E-state index in [9.17, 15) is 0 Å². The van der Waals surface area contributed by atoms with Crippen LogP contribution in [0.3, 0.4) is 0 Å². The molecule has 1 aliphatic rings. The first-order valence-electron chi connectivity index (χ1n) is 20.5. The molecule has 0 aliphatic carbocycles. The predicted octanol–water partition coefficient (Wildman–Crippen LogP) is 13.9. The fraction of sp³-hybridized carbons (Fsp3) is 0.0714. The van der Waals surface area contributed by atoms with E-state index >= 15 is 0 Å². The normalized spacial score (nSPS) is 14.0. The first-order chi connectivity index (χ1) is 28.9. The van der Waals surface area contributed by atoms with Gasteiger partial charge in [-0.15, -0.1) is 0 Å². The molecule has 0 saturated carbocycles. The minimum Gasteiger partial charge on any atom is -0.248 e. The molecule has 0 N–H and O–H groups in total. The molecule has 0 fully saturated rings. The third-order valence-electron chi connectivity index (χ3n) is 12.1. The van der Waals surface area contributed by atoms with Gasteiger partial charge < -0.3 is 0 Å². The van der Waals surface area contributed by atoms with Crippen LogP contribution in [0.15, 0.2) is 212 Å². The van der Waals surface area contributed by atoms with Crippen molar-refractivity contribution in [1.82, 2.24) is 9.97 Å². The van der Waals surface area contributed by atoms with Gasteiger partial charge >= 0.3 is 0 Å². The van der Waals surface area contributed by atoms with Gasteiger partial charge in [0.25, 0.3) is 0 Å². The minimum atomic E-state index is -3.14. The summed E-state index contributed by atoms with van der Waals surface area (Å²) in [5.74, 6) is 0. The second-order valence-electron chi connectivity index (χ2n) is 16.5. The smallest absolute Gasteiger partial charge is 0.160 e. The number of aromatic nitrogens is 2. The minimum absolute atomic E-state index is 0.239. The quantitative estimate of drug-likeness (QED) is 0.151. The monoisotopic (exact) mass is 772 g/mol. The Morgan fingerprint density at radius 3 is 1.12 bits per heavy atom. The lowest BCUT2D eigenvalue weighted by atomic mass is 9.90. The van der Waals surface area contributed by atoms with Gasteiger partial charge in [0, 0.05) is 11.1 Å². The fourth-order valence-electron chi connectivity index (χ4n) is 9.50. The van der Waals surface area contributed by atoms with Crippen LogP contribution in [0.5, 0.6) is 0 Å². The molecular weight excluding hydrogens is 729 g/mol. The van der Waals surface area contributed by atoms with Gasteiger partial charge in [0.2, 0.25) is 0 Å². The molecule has 282 valence electrons. The summed E-state index contributed by atoms with van der Waals surface area (Å²) in [7, 11) is -3.14. The van der Waals surface area contributed by atoms with E-state index in [1.807, 2.05) is 0 Å². The number of benzene rings is 7. The number of hydrogen-bond acceptors (Lipinski definition) is 2. The summed E-state index contributed by atoms with van der Waals surface area (Å²) in [5.41, 5.74) is 11.0. The fourth-order valence-corrected chi connectivity index (χ4v) is 15.7. The van der Waals surface area contributed by atoms with Crippen LogP contribution in [0, 0.1) is 0 Å². The molecule has 3 heterocycles. The van der Waals surface area contributed by atoms with E-state index in [1.165, 1.54) is 59.4 Å². The number of allylic oxidation sites excluding steroid dienone is 2. The molecule has 0 spiro atoms. The van der Waals surface area contributed by atoms with Crippen molar-refractivity contribution >= 4 is 56.3 Å². The summed E-state index contributed by atoms with van der Waals surface area (Å²) in [5, 5.41) is 8.59. The molecule has 10 rings (SSSR count). The van der Waals surface area contributed by atoms with Gasteiger partial charge in [0.1, 0.15) is 0 Å². The molecule has 59 heavy (non-hydrogen) atoms. The summed E-state index contributed by atoms with van der Waals surface area (Å²) in [4.78, 5) is 11.4. The Hall–Kier alpha value is -6.94. The second kappa shape index (κ2) is 14.8. The molecule has 0 bridgehead atoms. The molecular formula is C56H44N2Si. The van der Waals surface area contributed by atoms with Crippen molar-refractivity contribution in [1.29, 1.82) is 0 Å². The van der Waals surface area contributed by atoms with E-state index in [4.69, 9.17) is 9.97 Å². The van der Waals surface area contributed by atoms with Crippen molar-refractivity contribution in [2.45, 2.75) is 25.8 Å². The highest BCUT2D eigenvalue weighted by Gasteiger charge is 2.59. The van der Waals surface area contributed by atoms with Gasteiger partial charge in [0.15, 0.2) is 8.07 Å². The molecule has 0 amide bonds. The van der Waals surface area contributed by atoms with Crippen LogP contribution in [0.2, 0.25) is 5.04 Å². The maximum atomic E-state index is 5.72. The number of rotatable bonds is 7. The molecule has 0 unspecified atom stereocenters. The van der Waals surface area contributed by atoms with Crippen molar-refractivity contribution in [2.75, 3.05) is 0 Å². The van der Waals surface area contributed by atoms with Crippen LogP contribution >= 0.6 is 0 Å². The van der Waals surface area contributed by atoms with Gasteiger partial charge in [-0.05, 0) is 101 Å². The number of hydrogen-bond donors (Lipinski definition) is 0. The highest BCUT2D eigenvalue weighted by molar-refractivity contribution is 7.23. The average molecular weight is 773 g/mol. The van der Waals surface area contributed by atoms with E-state index in [0.29, 0.717) is 0 Å². The van der Waals surface area contributed by atoms with Gasteiger partial charge in [-0.25, -0.2) is 9.97 Å². The summed E-state index contributed by atoms with van der Waals surface area (Å²) >= 11 is 0. The lowest BCUT2D eigenvalue weighted by Crippen LogP contribution is -2.56. The second-order valence-corrected chi connectivity index (χ2v) is 21.1. The predicted molar refractivity (Wildman–Crippen MR) is 252 cm³/mol. The average Bonchev–Trinajstić information content (AvgIpc) is 3.63. The molecule has 3 heteroatoms. The highest BCUT2D eigenvalue weighted by Crippen LogP contribution is 2.62. The van der Waals surface area contributed by atoms with Gasteiger partial charge in [0.05, 0.1) is 22.8 Å². The van der Waals surface area contributed by atoms with Crippen molar-refractivity contribution in [2.24, 2.45) is 0 Å². The number of pyridine rings is 2. The van der Waals surface area contributed by atoms with Crippen LogP contribution in [0.1, 0.15) is 43.3 Å². The maximum absolute atomic E-state index is 5.72. The zero-order valence-electron chi connectivity index (χ0n) is 33.6. The van der Waals surface area contributed by atoms with Crippen molar-refractivity contribution in [3.63, 3.8) is 0 Å². The van der Waals surface area contributed by atoms with E-state index in [1.54, 1.807) is 0 Å². The van der Waals surface area contributed by atoms with E-state index in [0.717, 1.165) is 33.9 Å². The third-order valence-corrected chi connectivity index (χ3v) is 18.0. The Morgan fingerprint density at radius 1 is 0.322 bits per heavy atom. The first kappa shape index (κ1) is 36.4. The van der Waals surface area contributed by atoms with Gasteiger partial charge in [-0.3, -0.25) is 0 Å². The van der Waals surface area contributed by atoms with Crippen LogP contribution in [-0.4, -0.2) is 18.0 Å². The Kier molecular flexibility index (Phi) is 9.11. The van der Waals surface area contributed by atoms with Gasteiger partial charge in [-0.2, -0.15) is 0 Å². The highest BCUT2D eigenvalue weighted by atomic mass is 28.3. The summed E-state index contributed by atoms with van der Waals surface area (Å²) in [6.45, 7) is 7.34. The van der Waals surface area contributed by atoms with Crippen molar-refractivity contribution in [3.05, 3.63) is 235 Å². The molecule has 1 aliphatic heterocycles. The number of nitrogens with zero attached hydrogens (tertiary/aromatic N) is 2. The van der Waals surface area contributed by atoms with E-state index in [2.05, 4.69) is 233 Å². The van der Waals surface area contributed by atoms with Crippen LogP contribution in [-0.2, 0) is 0 Å². The van der Waals surface area contributed by atoms with Crippen LogP contribution < -0.4 is 5.19 Å². The standard InChI is InChI=1S/C56H44N2Si/c1-56(2,3)59(47-27-11-6-12-28-47)54(50-31-17-29-48(57-50)45-35-33-39-19-13-15-25-43(39)37-45)52(41-21-7-4-8-22-41)53(42-23-9-5-10-24-42)55(59)51-32-18-30-49(58-51)46-36-34-40-20-14-16-26-44(40)38-46/h4-38H,1-3H3. The van der Waals surface area contributed by atoms with Gasteiger partial charge in [-0.1, -0.05) is 197 Å². The molecule has 0 atom stereocenters. The van der Waals surface area contributed by atoms with E-state index in [-0.39, 0.29) is 5.04 Å². The Balaban J connectivity index is 1.32. The van der Waals surface area contributed by atoms with Crippen molar-refractivity contribution in [3.8, 4) is 22.5 Å². The van der Waals surface area contributed by atoms with Crippen LogP contribution in [0.4, 0.5) is 0 Å². The summed E-state index contributed by atoms with van der Waals surface area (Å²) < 4.78 is 0. The lowest BCUT2D eigenvalue weighted by molar-refractivity contribution is 0.741. The summed E-state index contributed by atoms with van der Waals surface area (Å²) in [6.07, 6.45) is 0. The van der Waals surface area contributed by atoms with Crippen molar-refractivity contribution < 1.29 is 0 Å². The lowest BCUT2D eigenvalue weighted by Gasteiger charge is -2.45. The SMILES string of the molecule is CC(C)(C)[Si]1(c2ccccc2)C(c2cccc(-c3ccc4ccccc4c3)n2)=C(c2ccccc2)C(c2ccccc2)=C1c1cccc(-c2ccc3ccccc3c2)n1. The Morgan fingerprint density at radius 2 is 0.695 bits per heavy atom. The molecule has 0 saturated heterocycles. The Bertz CT molecular complexity index is 2880. The zero-order chi connectivity index (χ0) is 40.0. The first-order valence-corrected chi connectivity index (χ1v) is 22.5. The molecule has 0 radical (unpaired) electrons. The molecule has 9 aromatic rings. The topological polar surface area (TPSA) is 25.8 Å². The van der Waals surface area contributed by atoms with Crippen LogP contribution in [0.25, 0.3) is 65.6 Å².